The number of rotatable bonds is 3. The smallest absolute Gasteiger partial charge is 0.358 e. The van der Waals surface area contributed by atoms with Crippen LogP contribution in [0.2, 0.25) is 0 Å². The van der Waals surface area contributed by atoms with Gasteiger partial charge in [-0.05, 0) is 24.2 Å². The first-order valence-electron chi connectivity index (χ1n) is 6.84. The predicted molar refractivity (Wildman–Crippen MR) is 70.6 cm³/mol. The van der Waals surface area contributed by atoms with Gasteiger partial charge in [0.25, 0.3) is 0 Å². The first kappa shape index (κ1) is 13.3. The number of anilines is 1. The highest BCUT2D eigenvalue weighted by atomic mass is 16.7. The molecule has 3 rings (SSSR count). The Morgan fingerprint density at radius 1 is 1.50 bits per heavy atom. The van der Waals surface area contributed by atoms with Crippen LogP contribution in [0.15, 0.2) is 6.07 Å². The molecule has 110 valence electrons. The minimum absolute atomic E-state index is 0.0601. The number of aromatic nitrogens is 2. The lowest BCUT2D eigenvalue weighted by Crippen LogP contribution is -2.43. The summed E-state index contributed by atoms with van der Waals surface area (Å²) in [5.74, 6) is 0.627. The second kappa shape index (κ2) is 5.37. The van der Waals surface area contributed by atoms with Crippen LogP contribution in [-0.2, 0) is 16.0 Å². The fraction of sp³-hybridized carbons (Fsp3) is 0.750. The Kier molecular flexibility index (Phi) is 3.58. The van der Waals surface area contributed by atoms with Crippen LogP contribution in [-0.4, -0.2) is 47.3 Å². The summed E-state index contributed by atoms with van der Waals surface area (Å²) in [7, 11) is 1.88. The van der Waals surface area contributed by atoms with Crippen molar-refractivity contribution in [2.45, 2.75) is 38.2 Å². The van der Waals surface area contributed by atoms with E-state index < -0.39 is 4.92 Å². The molecule has 0 radical (unpaired) electrons. The summed E-state index contributed by atoms with van der Waals surface area (Å²) >= 11 is 0. The lowest BCUT2D eigenvalue weighted by molar-refractivity contribution is -0.389. The van der Waals surface area contributed by atoms with Gasteiger partial charge in [0, 0.05) is 20.2 Å². The second-order valence-electron chi connectivity index (χ2n) is 5.23. The van der Waals surface area contributed by atoms with Crippen LogP contribution in [0.1, 0.15) is 19.3 Å². The highest BCUT2D eigenvalue weighted by Crippen LogP contribution is 2.26. The van der Waals surface area contributed by atoms with Gasteiger partial charge in [-0.1, -0.05) is 0 Å². The second-order valence-corrected chi connectivity index (χ2v) is 5.23. The molecule has 8 nitrogen and oxygen atoms in total. The Bertz CT molecular complexity index is 498. The zero-order valence-electron chi connectivity index (χ0n) is 11.4. The molecule has 0 aromatic carbocycles. The highest BCUT2D eigenvalue weighted by Gasteiger charge is 2.31. The normalized spacial score (nSPS) is 26.4. The Morgan fingerprint density at radius 3 is 3.05 bits per heavy atom. The molecule has 0 N–H and O–H groups in total. The van der Waals surface area contributed by atoms with Gasteiger partial charge >= 0.3 is 5.82 Å². The molecule has 0 spiro atoms. The molecule has 2 aliphatic rings. The van der Waals surface area contributed by atoms with E-state index in [1.165, 1.54) is 6.07 Å². The van der Waals surface area contributed by atoms with E-state index in [1.807, 2.05) is 11.9 Å². The Morgan fingerprint density at radius 2 is 2.35 bits per heavy atom. The molecule has 2 unspecified atom stereocenters. The average Bonchev–Trinajstić information content (AvgIpc) is 2.84. The van der Waals surface area contributed by atoms with Crippen molar-refractivity contribution in [3.63, 3.8) is 0 Å². The van der Waals surface area contributed by atoms with Gasteiger partial charge < -0.3 is 24.5 Å². The van der Waals surface area contributed by atoms with Crippen molar-refractivity contribution in [1.82, 2.24) is 9.78 Å². The van der Waals surface area contributed by atoms with Gasteiger partial charge in [-0.2, -0.15) is 4.68 Å². The van der Waals surface area contributed by atoms with Crippen molar-refractivity contribution in [1.29, 1.82) is 0 Å². The van der Waals surface area contributed by atoms with E-state index in [0.29, 0.717) is 13.1 Å². The van der Waals surface area contributed by atoms with E-state index in [2.05, 4.69) is 5.10 Å². The fourth-order valence-corrected chi connectivity index (χ4v) is 2.69. The number of nitro groups is 1. The summed E-state index contributed by atoms with van der Waals surface area (Å²) in [6.45, 7) is 1.95. The standard InChI is InChI=1S/C12H18N4O4/c1-14-7-9(20-12-4-2-3-5-19-12)8-15-11(14)6-10(13-15)16(17)18/h6,9,12H,2-5,7-8H2,1H3. The zero-order valence-corrected chi connectivity index (χ0v) is 11.4. The van der Waals surface area contributed by atoms with Crippen molar-refractivity contribution < 1.29 is 14.4 Å². The maximum atomic E-state index is 10.8. The molecule has 1 fully saturated rings. The predicted octanol–water partition coefficient (Wildman–Crippen LogP) is 1.15. The Labute approximate surface area is 116 Å². The maximum Gasteiger partial charge on any atom is 0.392 e. The third kappa shape index (κ3) is 2.61. The molecule has 3 heterocycles. The monoisotopic (exact) mass is 282 g/mol. The molecule has 2 atom stereocenters. The summed E-state index contributed by atoms with van der Waals surface area (Å²) < 4.78 is 13.1. The third-order valence-electron chi connectivity index (χ3n) is 3.66. The number of fused-ring (bicyclic) bond motifs is 1. The summed E-state index contributed by atoms with van der Waals surface area (Å²) in [5, 5.41) is 14.8. The molecule has 20 heavy (non-hydrogen) atoms. The summed E-state index contributed by atoms with van der Waals surface area (Å²) in [4.78, 5) is 12.2. The molecule has 0 aliphatic carbocycles. The van der Waals surface area contributed by atoms with Crippen molar-refractivity contribution in [3.8, 4) is 0 Å². The maximum absolute atomic E-state index is 10.8. The van der Waals surface area contributed by atoms with Gasteiger partial charge in [-0.25, -0.2) is 0 Å². The number of nitrogens with zero attached hydrogens (tertiary/aromatic N) is 4. The zero-order chi connectivity index (χ0) is 14.1. The Balaban J connectivity index is 1.69. The number of likely N-dealkylation sites (N-methyl/N-ethyl adjacent to an activating group) is 1. The number of ether oxygens (including phenoxy) is 2. The van der Waals surface area contributed by atoms with E-state index >= 15 is 0 Å². The fourth-order valence-electron chi connectivity index (χ4n) is 2.69. The number of hydrogen-bond acceptors (Lipinski definition) is 6. The van der Waals surface area contributed by atoms with Gasteiger partial charge in [0.05, 0.1) is 23.8 Å². The Hall–Kier alpha value is -1.67. The van der Waals surface area contributed by atoms with Crippen LogP contribution < -0.4 is 4.90 Å². The summed E-state index contributed by atoms with van der Waals surface area (Å²) in [6.07, 6.45) is 2.89. The van der Waals surface area contributed by atoms with Gasteiger partial charge in [-0.3, -0.25) is 0 Å². The van der Waals surface area contributed by atoms with Gasteiger partial charge in [-0.15, -0.1) is 0 Å². The van der Waals surface area contributed by atoms with E-state index in [9.17, 15) is 10.1 Å². The lowest BCUT2D eigenvalue weighted by Gasteiger charge is -2.33. The van der Waals surface area contributed by atoms with Crippen molar-refractivity contribution in [2.24, 2.45) is 0 Å². The average molecular weight is 282 g/mol. The van der Waals surface area contributed by atoms with Crippen LogP contribution in [0.4, 0.5) is 11.6 Å². The molecule has 2 aliphatic heterocycles. The van der Waals surface area contributed by atoms with Crippen LogP contribution in [0.25, 0.3) is 0 Å². The molecule has 0 amide bonds. The summed E-state index contributed by atoms with van der Waals surface area (Å²) in [6, 6.07) is 1.49. The lowest BCUT2D eigenvalue weighted by atomic mass is 10.2. The van der Waals surface area contributed by atoms with Crippen LogP contribution in [0, 0.1) is 10.1 Å². The van der Waals surface area contributed by atoms with E-state index in [-0.39, 0.29) is 18.2 Å². The molecule has 0 saturated carbocycles. The first-order valence-corrected chi connectivity index (χ1v) is 6.84. The van der Waals surface area contributed by atoms with Crippen LogP contribution in [0.5, 0.6) is 0 Å². The molecular formula is C12H18N4O4. The van der Waals surface area contributed by atoms with Gasteiger partial charge in [0.15, 0.2) is 12.1 Å². The van der Waals surface area contributed by atoms with Crippen LogP contribution in [0.3, 0.4) is 0 Å². The minimum Gasteiger partial charge on any atom is -0.358 e. The van der Waals surface area contributed by atoms with Crippen LogP contribution >= 0.6 is 0 Å². The van der Waals surface area contributed by atoms with Crippen molar-refractivity contribution in [2.75, 3.05) is 25.1 Å². The molecule has 1 aromatic rings. The third-order valence-corrected chi connectivity index (χ3v) is 3.66. The highest BCUT2D eigenvalue weighted by molar-refractivity contribution is 5.46. The summed E-state index contributed by atoms with van der Waals surface area (Å²) in [5.41, 5.74) is 0. The topological polar surface area (TPSA) is 82.7 Å². The molecular weight excluding hydrogens is 264 g/mol. The molecule has 8 heteroatoms. The minimum atomic E-state index is -0.473. The van der Waals surface area contributed by atoms with Gasteiger partial charge in [0.2, 0.25) is 0 Å². The number of hydrogen-bond donors (Lipinski definition) is 0. The quantitative estimate of drug-likeness (QED) is 0.611. The van der Waals surface area contributed by atoms with Crippen molar-refractivity contribution in [3.05, 3.63) is 16.2 Å². The SMILES string of the molecule is CN1CC(OC2CCCCO2)Cn2nc([N+](=O)[O-])cc21. The van der Waals surface area contributed by atoms with E-state index in [1.54, 1.807) is 4.68 Å². The molecule has 1 saturated heterocycles. The van der Waals surface area contributed by atoms with E-state index in [0.717, 1.165) is 31.7 Å². The van der Waals surface area contributed by atoms with Gasteiger partial charge in [0.1, 0.15) is 0 Å². The van der Waals surface area contributed by atoms with E-state index in [4.69, 9.17) is 9.47 Å². The first-order chi connectivity index (χ1) is 9.63. The largest absolute Gasteiger partial charge is 0.392 e. The molecule has 1 aromatic heterocycles. The van der Waals surface area contributed by atoms with Crippen molar-refractivity contribution >= 4 is 11.6 Å². The molecule has 0 bridgehead atoms.